The van der Waals surface area contributed by atoms with Crippen molar-refractivity contribution < 1.29 is 19.1 Å². The number of esters is 1. The predicted molar refractivity (Wildman–Crippen MR) is 70.7 cm³/mol. The van der Waals surface area contributed by atoms with Crippen LogP contribution in [0.3, 0.4) is 0 Å². The Kier molecular flexibility index (Phi) is 4.57. The second-order valence-corrected chi connectivity index (χ2v) is 4.83. The highest BCUT2D eigenvalue weighted by Crippen LogP contribution is 2.29. The molecule has 0 aromatic heterocycles. The van der Waals surface area contributed by atoms with Gasteiger partial charge in [-0.15, -0.1) is 0 Å². The fraction of sp³-hybridized carbons (Fsp3) is 0.308. The Morgan fingerprint density at radius 3 is 2.40 bits per heavy atom. The first kappa shape index (κ1) is 14.3. The molecular weight excluding hydrogens is 284 g/mol. The van der Waals surface area contributed by atoms with Crippen LogP contribution < -0.4 is 10.9 Å². The second-order valence-electron chi connectivity index (χ2n) is 4.39. The summed E-state index contributed by atoms with van der Waals surface area (Å²) in [6, 6.07) is 6.18. The first-order valence-corrected chi connectivity index (χ1v) is 6.45. The van der Waals surface area contributed by atoms with E-state index in [2.05, 4.69) is 10.9 Å². The van der Waals surface area contributed by atoms with Gasteiger partial charge in [0.2, 0.25) is 0 Å². The average molecular weight is 297 g/mol. The lowest BCUT2D eigenvalue weighted by atomic mass is 10.2. The fourth-order valence-electron chi connectivity index (χ4n) is 1.41. The van der Waals surface area contributed by atoms with E-state index in [4.69, 9.17) is 16.3 Å². The zero-order valence-corrected chi connectivity index (χ0v) is 11.3. The molecule has 7 heteroatoms. The Bertz CT molecular complexity index is 526. The summed E-state index contributed by atoms with van der Waals surface area (Å²) in [5.74, 6) is -1.51. The van der Waals surface area contributed by atoms with Crippen LogP contribution in [0.15, 0.2) is 24.3 Å². The van der Waals surface area contributed by atoms with Gasteiger partial charge in [-0.1, -0.05) is 11.6 Å². The third-order valence-electron chi connectivity index (χ3n) is 2.68. The van der Waals surface area contributed by atoms with Gasteiger partial charge < -0.3 is 4.74 Å². The number of rotatable bonds is 4. The molecule has 0 radical (unpaired) electrons. The second kappa shape index (κ2) is 6.38. The van der Waals surface area contributed by atoms with Crippen molar-refractivity contribution in [1.29, 1.82) is 0 Å². The molecule has 0 saturated heterocycles. The predicted octanol–water partition coefficient (Wildman–Crippen LogP) is 1.05. The number of hydrogen-bond donors (Lipinski definition) is 2. The lowest BCUT2D eigenvalue weighted by molar-refractivity contribution is -0.149. The van der Waals surface area contributed by atoms with Crippen molar-refractivity contribution in [3.8, 4) is 0 Å². The molecule has 20 heavy (non-hydrogen) atoms. The van der Waals surface area contributed by atoms with Gasteiger partial charge in [0.1, 0.15) is 0 Å². The molecule has 1 fully saturated rings. The Morgan fingerprint density at radius 1 is 1.15 bits per heavy atom. The zero-order valence-electron chi connectivity index (χ0n) is 10.5. The summed E-state index contributed by atoms with van der Waals surface area (Å²) in [6.07, 6.45) is 1.63. The molecule has 0 atom stereocenters. The molecule has 1 aliphatic carbocycles. The number of hydrazine groups is 1. The van der Waals surface area contributed by atoms with Crippen molar-refractivity contribution in [2.75, 3.05) is 6.61 Å². The molecule has 0 aliphatic heterocycles. The van der Waals surface area contributed by atoms with Crippen LogP contribution in [0.4, 0.5) is 0 Å². The van der Waals surface area contributed by atoms with E-state index >= 15 is 0 Å². The Balaban J connectivity index is 1.70. The van der Waals surface area contributed by atoms with Gasteiger partial charge in [-0.25, -0.2) is 0 Å². The molecule has 1 aromatic rings. The van der Waals surface area contributed by atoms with Crippen molar-refractivity contribution in [1.82, 2.24) is 10.9 Å². The highest BCUT2D eigenvalue weighted by molar-refractivity contribution is 6.30. The van der Waals surface area contributed by atoms with Crippen LogP contribution in [0.1, 0.15) is 23.2 Å². The molecule has 0 bridgehead atoms. The Labute approximate surface area is 120 Å². The number of hydrogen-bond acceptors (Lipinski definition) is 4. The summed E-state index contributed by atoms with van der Waals surface area (Å²) in [5.41, 5.74) is 4.73. The number of carbonyl (C=O) groups is 3. The van der Waals surface area contributed by atoms with E-state index in [0.29, 0.717) is 10.6 Å². The largest absolute Gasteiger partial charge is 0.455 e. The Hall–Kier alpha value is -2.08. The van der Waals surface area contributed by atoms with Gasteiger partial charge in [0.15, 0.2) is 6.61 Å². The number of nitrogens with one attached hydrogen (secondary N) is 2. The van der Waals surface area contributed by atoms with Crippen molar-refractivity contribution in [2.24, 2.45) is 5.92 Å². The first-order chi connectivity index (χ1) is 9.56. The number of carbonyl (C=O) groups excluding carboxylic acids is 3. The molecule has 2 N–H and O–H groups in total. The summed E-state index contributed by atoms with van der Waals surface area (Å²) in [5, 5.41) is 0.512. The monoisotopic (exact) mass is 296 g/mol. The molecule has 6 nitrogen and oxygen atoms in total. The highest BCUT2D eigenvalue weighted by atomic mass is 35.5. The smallest absolute Gasteiger partial charge is 0.309 e. The number of benzene rings is 1. The molecule has 2 rings (SSSR count). The van der Waals surface area contributed by atoms with Crippen molar-refractivity contribution in [3.63, 3.8) is 0 Å². The maximum absolute atomic E-state index is 11.6. The van der Waals surface area contributed by atoms with E-state index in [0.717, 1.165) is 12.8 Å². The third-order valence-corrected chi connectivity index (χ3v) is 2.93. The highest BCUT2D eigenvalue weighted by Gasteiger charge is 2.31. The molecule has 0 heterocycles. The molecule has 1 saturated carbocycles. The summed E-state index contributed by atoms with van der Waals surface area (Å²) >= 11 is 5.70. The van der Waals surface area contributed by atoms with Crippen molar-refractivity contribution in [2.45, 2.75) is 12.8 Å². The zero-order chi connectivity index (χ0) is 14.5. The minimum Gasteiger partial charge on any atom is -0.455 e. The van der Waals surface area contributed by atoms with Gasteiger partial charge in [0, 0.05) is 10.6 Å². The SMILES string of the molecule is O=C(COC(=O)C1CC1)NNC(=O)c1ccc(Cl)cc1. The molecule has 0 spiro atoms. The average Bonchev–Trinajstić information content (AvgIpc) is 3.27. The van der Waals surface area contributed by atoms with E-state index < -0.39 is 18.4 Å². The molecule has 0 unspecified atom stereocenters. The molecule has 1 aliphatic rings. The van der Waals surface area contributed by atoms with Gasteiger partial charge in [-0.3, -0.25) is 25.2 Å². The summed E-state index contributed by atoms with van der Waals surface area (Å²) in [4.78, 5) is 34.2. The summed E-state index contributed by atoms with van der Waals surface area (Å²) < 4.78 is 4.76. The summed E-state index contributed by atoms with van der Waals surface area (Å²) in [7, 11) is 0. The Morgan fingerprint density at radius 2 is 1.80 bits per heavy atom. The number of ether oxygens (including phenoxy) is 1. The summed E-state index contributed by atoms with van der Waals surface area (Å²) in [6.45, 7) is -0.407. The van der Waals surface area contributed by atoms with Crippen LogP contribution >= 0.6 is 11.6 Å². The first-order valence-electron chi connectivity index (χ1n) is 6.07. The number of amides is 2. The van der Waals surface area contributed by atoms with E-state index in [9.17, 15) is 14.4 Å². The third kappa shape index (κ3) is 4.24. The van der Waals surface area contributed by atoms with Gasteiger partial charge >= 0.3 is 5.97 Å². The molecular formula is C13H13ClN2O4. The van der Waals surface area contributed by atoms with Gasteiger partial charge in [0.25, 0.3) is 11.8 Å². The van der Waals surface area contributed by atoms with Gasteiger partial charge in [-0.2, -0.15) is 0 Å². The van der Waals surface area contributed by atoms with Crippen LogP contribution in [0.2, 0.25) is 5.02 Å². The maximum Gasteiger partial charge on any atom is 0.309 e. The van der Waals surface area contributed by atoms with Crippen LogP contribution in [-0.4, -0.2) is 24.4 Å². The normalized spacial score (nSPS) is 13.4. The topological polar surface area (TPSA) is 84.5 Å². The lowest BCUT2D eigenvalue weighted by Gasteiger charge is -2.08. The van der Waals surface area contributed by atoms with Crippen LogP contribution in [0, 0.1) is 5.92 Å². The van der Waals surface area contributed by atoms with E-state index in [1.165, 1.54) is 12.1 Å². The van der Waals surface area contributed by atoms with E-state index in [1.54, 1.807) is 12.1 Å². The van der Waals surface area contributed by atoms with Crippen molar-refractivity contribution >= 4 is 29.4 Å². The molecule has 1 aromatic carbocycles. The fourth-order valence-corrected chi connectivity index (χ4v) is 1.54. The maximum atomic E-state index is 11.6. The standard InChI is InChI=1S/C13H13ClN2O4/c14-10-5-3-8(4-6-10)12(18)16-15-11(17)7-20-13(19)9-1-2-9/h3-6,9H,1-2,7H2,(H,15,17)(H,16,18). The minimum atomic E-state index is -0.596. The van der Waals surface area contributed by atoms with Gasteiger partial charge in [0.05, 0.1) is 5.92 Å². The minimum absolute atomic E-state index is 0.0635. The van der Waals surface area contributed by atoms with Crippen molar-refractivity contribution in [3.05, 3.63) is 34.9 Å². The van der Waals surface area contributed by atoms with E-state index in [-0.39, 0.29) is 11.9 Å². The lowest BCUT2D eigenvalue weighted by Crippen LogP contribution is -2.43. The molecule has 106 valence electrons. The number of halogens is 1. The molecule has 2 amide bonds. The van der Waals surface area contributed by atoms with Gasteiger partial charge in [-0.05, 0) is 37.1 Å². The van der Waals surface area contributed by atoms with Crippen LogP contribution in [-0.2, 0) is 14.3 Å². The quantitative estimate of drug-likeness (QED) is 0.642. The van der Waals surface area contributed by atoms with E-state index in [1.807, 2.05) is 0 Å². The van der Waals surface area contributed by atoms with Crippen LogP contribution in [0.25, 0.3) is 0 Å². The van der Waals surface area contributed by atoms with Crippen LogP contribution in [0.5, 0.6) is 0 Å².